The predicted molar refractivity (Wildman–Crippen MR) is 144 cm³/mol. The molecule has 1 saturated carbocycles. The van der Waals surface area contributed by atoms with Gasteiger partial charge in [0.25, 0.3) is 0 Å². The van der Waals surface area contributed by atoms with E-state index in [-0.39, 0.29) is 12.1 Å². The van der Waals surface area contributed by atoms with Gasteiger partial charge in [-0.3, -0.25) is 0 Å². The van der Waals surface area contributed by atoms with Crippen LogP contribution in [0.25, 0.3) is 11.4 Å². The smallest absolute Gasteiger partial charge is 0.338 e. The second kappa shape index (κ2) is 15.7. The van der Waals surface area contributed by atoms with Crippen LogP contribution in [-0.2, 0) is 11.2 Å². The lowest BCUT2D eigenvalue weighted by atomic mass is 9.84. The molecule has 35 heavy (non-hydrogen) atoms. The first-order valence-corrected chi connectivity index (χ1v) is 14.3. The Morgan fingerprint density at radius 3 is 2.03 bits per heavy atom. The summed E-state index contributed by atoms with van der Waals surface area (Å²) in [7, 11) is 0. The van der Waals surface area contributed by atoms with Crippen molar-refractivity contribution in [3.63, 3.8) is 0 Å². The lowest BCUT2D eigenvalue weighted by molar-refractivity contribution is 0.0161. The number of nitrogens with zero attached hydrogens (tertiary/aromatic N) is 2. The van der Waals surface area contributed by atoms with E-state index in [1.165, 1.54) is 89.0 Å². The zero-order chi connectivity index (χ0) is 24.7. The van der Waals surface area contributed by atoms with E-state index in [9.17, 15) is 4.79 Å². The zero-order valence-electron chi connectivity index (χ0n) is 22.1. The molecule has 0 atom stereocenters. The van der Waals surface area contributed by atoms with Gasteiger partial charge >= 0.3 is 5.97 Å². The maximum atomic E-state index is 12.7. The number of ether oxygens (including phenoxy) is 1. The van der Waals surface area contributed by atoms with Crippen LogP contribution in [0, 0.1) is 5.92 Å². The Morgan fingerprint density at radius 1 is 0.800 bits per heavy atom. The van der Waals surface area contributed by atoms with Crippen molar-refractivity contribution in [3.8, 4) is 11.4 Å². The number of rotatable bonds is 15. The van der Waals surface area contributed by atoms with Crippen LogP contribution >= 0.6 is 0 Å². The number of carbonyl (C=O) groups is 1. The normalized spacial score (nSPS) is 17.9. The monoisotopic (exact) mass is 478 g/mol. The topological polar surface area (TPSA) is 52.1 Å². The van der Waals surface area contributed by atoms with Gasteiger partial charge in [-0.05, 0) is 62.1 Å². The molecule has 192 valence electrons. The molecule has 4 nitrogen and oxygen atoms in total. The van der Waals surface area contributed by atoms with Gasteiger partial charge in [0.2, 0.25) is 0 Å². The summed E-state index contributed by atoms with van der Waals surface area (Å²) in [6.07, 6.45) is 23.8. The fourth-order valence-electron chi connectivity index (χ4n) is 5.12. The number of hydrogen-bond donors (Lipinski definition) is 0. The number of carbonyl (C=O) groups excluding carboxylic acids is 1. The first kappa shape index (κ1) is 27.4. The van der Waals surface area contributed by atoms with Gasteiger partial charge in [-0.15, -0.1) is 0 Å². The molecule has 2 aromatic rings. The van der Waals surface area contributed by atoms with E-state index in [0.717, 1.165) is 30.7 Å². The third-order valence-electron chi connectivity index (χ3n) is 7.44. The van der Waals surface area contributed by atoms with Gasteiger partial charge in [0.1, 0.15) is 6.10 Å². The van der Waals surface area contributed by atoms with Crippen LogP contribution in [-0.4, -0.2) is 22.0 Å². The van der Waals surface area contributed by atoms with E-state index >= 15 is 0 Å². The molecule has 1 aliphatic rings. The lowest BCUT2D eigenvalue weighted by Crippen LogP contribution is -2.24. The van der Waals surface area contributed by atoms with E-state index in [0.29, 0.717) is 11.4 Å². The molecule has 0 bridgehead atoms. The van der Waals surface area contributed by atoms with Crippen molar-refractivity contribution >= 4 is 5.97 Å². The van der Waals surface area contributed by atoms with Crippen LogP contribution in [0.2, 0.25) is 0 Å². The minimum Gasteiger partial charge on any atom is -0.459 e. The van der Waals surface area contributed by atoms with Crippen LogP contribution in [0.1, 0.15) is 126 Å². The highest BCUT2D eigenvalue weighted by atomic mass is 16.5. The van der Waals surface area contributed by atoms with Crippen molar-refractivity contribution < 1.29 is 9.53 Å². The fourth-order valence-corrected chi connectivity index (χ4v) is 5.12. The second-order valence-electron chi connectivity index (χ2n) is 10.4. The Balaban J connectivity index is 1.39. The van der Waals surface area contributed by atoms with Gasteiger partial charge < -0.3 is 4.74 Å². The van der Waals surface area contributed by atoms with Crippen molar-refractivity contribution in [1.29, 1.82) is 0 Å². The van der Waals surface area contributed by atoms with E-state index in [2.05, 4.69) is 23.8 Å². The van der Waals surface area contributed by atoms with Crippen molar-refractivity contribution in [1.82, 2.24) is 9.97 Å². The average molecular weight is 479 g/mol. The van der Waals surface area contributed by atoms with E-state index in [4.69, 9.17) is 4.74 Å². The number of benzene rings is 1. The number of aryl methyl sites for hydroxylation is 1. The molecule has 3 rings (SSSR count). The summed E-state index contributed by atoms with van der Waals surface area (Å²) in [4.78, 5) is 21.8. The van der Waals surface area contributed by atoms with Crippen LogP contribution < -0.4 is 0 Å². The molecule has 1 aromatic carbocycles. The molecule has 0 saturated heterocycles. The first-order chi connectivity index (χ1) is 17.2. The Kier molecular flexibility index (Phi) is 12.3. The molecular formula is C31H46N2O2. The van der Waals surface area contributed by atoms with Gasteiger partial charge in [-0.1, -0.05) is 90.2 Å². The molecule has 1 aromatic heterocycles. The number of hydrogen-bond acceptors (Lipinski definition) is 4. The first-order valence-electron chi connectivity index (χ1n) is 14.3. The van der Waals surface area contributed by atoms with Gasteiger partial charge in [0, 0.05) is 18.0 Å². The second-order valence-corrected chi connectivity index (χ2v) is 10.4. The van der Waals surface area contributed by atoms with Crippen molar-refractivity contribution in [2.24, 2.45) is 5.92 Å². The Bertz CT molecular complexity index is 839. The minimum atomic E-state index is -0.209. The highest BCUT2D eigenvalue weighted by Gasteiger charge is 2.24. The fraction of sp³-hybridized carbons (Fsp3) is 0.645. The van der Waals surface area contributed by atoms with Gasteiger partial charge in [0.15, 0.2) is 5.82 Å². The molecule has 0 radical (unpaired) electrons. The predicted octanol–water partition coefficient (Wildman–Crippen LogP) is 8.73. The van der Waals surface area contributed by atoms with Gasteiger partial charge in [-0.2, -0.15) is 0 Å². The summed E-state index contributed by atoms with van der Waals surface area (Å²) in [6, 6.07) is 7.52. The summed E-state index contributed by atoms with van der Waals surface area (Å²) in [5.41, 5.74) is 2.72. The number of esters is 1. The quantitative estimate of drug-likeness (QED) is 0.190. The molecule has 0 N–H and O–H groups in total. The number of unbranched alkanes of at least 4 members (excludes halogenated alkanes) is 8. The van der Waals surface area contributed by atoms with Gasteiger partial charge in [-0.25, -0.2) is 14.8 Å². The zero-order valence-corrected chi connectivity index (χ0v) is 22.1. The Morgan fingerprint density at radius 2 is 1.40 bits per heavy atom. The molecule has 1 heterocycles. The lowest BCUT2D eigenvalue weighted by Gasteiger charge is -2.28. The Labute approximate surface area is 213 Å². The standard InChI is InChI=1S/C31H46N2O2/c1-3-5-7-9-11-13-25-15-21-29(22-16-25)35-31(34)28-19-17-27(18-20-28)30-32-23-26(24-33-30)14-12-10-8-6-4-2/h17-20,23-25,29H,3-16,21-22H2,1-2H3. The van der Waals surface area contributed by atoms with Crippen LogP contribution in [0.5, 0.6) is 0 Å². The van der Waals surface area contributed by atoms with Crippen molar-refractivity contribution in [3.05, 3.63) is 47.8 Å². The molecule has 4 heteroatoms. The Hall–Kier alpha value is -2.23. The van der Waals surface area contributed by atoms with E-state index < -0.39 is 0 Å². The van der Waals surface area contributed by atoms with Crippen LogP contribution in [0.15, 0.2) is 36.7 Å². The molecule has 0 unspecified atom stereocenters. The summed E-state index contributed by atoms with van der Waals surface area (Å²) in [5.74, 6) is 1.31. The van der Waals surface area contributed by atoms with Crippen LogP contribution in [0.4, 0.5) is 0 Å². The van der Waals surface area contributed by atoms with Crippen molar-refractivity contribution in [2.75, 3.05) is 0 Å². The van der Waals surface area contributed by atoms with Crippen LogP contribution in [0.3, 0.4) is 0 Å². The van der Waals surface area contributed by atoms with E-state index in [1.54, 1.807) is 0 Å². The maximum absolute atomic E-state index is 12.7. The highest BCUT2D eigenvalue weighted by Crippen LogP contribution is 2.30. The summed E-state index contributed by atoms with van der Waals surface area (Å²) in [6.45, 7) is 4.50. The molecule has 0 amide bonds. The maximum Gasteiger partial charge on any atom is 0.338 e. The largest absolute Gasteiger partial charge is 0.459 e. The molecule has 1 aliphatic carbocycles. The minimum absolute atomic E-state index is 0.0661. The van der Waals surface area contributed by atoms with E-state index in [1.807, 2.05) is 36.7 Å². The molecule has 0 spiro atoms. The van der Waals surface area contributed by atoms with Gasteiger partial charge in [0.05, 0.1) is 5.56 Å². The van der Waals surface area contributed by atoms with Crippen molar-refractivity contribution in [2.45, 2.75) is 123 Å². The molecular weight excluding hydrogens is 432 g/mol. The summed E-state index contributed by atoms with van der Waals surface area (Å²) < 4.78 is 5.84. The SMILES string of the molecule is CCCCCCCc1cnc(-c2ccc(C(=O)OC3CCC(CCCCCCC)CC3)cc2)nc1. The third kappa shape index (κ3) is 9.74. The third-order valence-corrected chi connectivity index (χ3v) is 7.44. The molecule has 0 aliphatic heterocycles. The number of aromatic nitrogens is 2. The summed E-state index contributed by atoms with van der Waals surface area (Å²) >= 11 is 0. The molecule has 1 fully saturated rings. The summed E-state index contributed by atoms with van der Waals surface area (Å²) in [5, 5.41) is 0. The average Bonchev–Trinajstić information content (AvgIpc) is 2.90. The highest BCUT2D eigenvalue weighted by molar-refractivity contribution is 5.90.